The van der Waals surface area contributed by atoms with Crippen molar-refractivity contribution in [2.75, 3.05) is 6.54 Å². The summed E-state index contributed by atoms with van der Waals surface area (Å²) in [5, 5.41) is 6.21. The zero-order chi connectivity index (χ0) is 21.3. The summed E-state index contributed by atoms with van der Waals surface area (Å²) in [5.41, 5.74) is 0.573. The van der Waals surface area contributed by atoms with E-state index in [-0.39, 0.29) is 17.9 Å². The molecule has 1 aliphatic rings. The van der Waals surface area contributed by atoms with Crippen LogP contribution in [0.5, 0.6) is 10.9 Å². The average Bonchev–Trinajstić information content (AvgIpc) is 3.18. The number of carbonyl (C=O) groups excluding carboxylic acids is 2. The average molecular weight is 426 g/mol. The van der Waals surface area contributed by atoms with Gasteiger partial charge in [0.2, 0.25) is 5.91 Å². The first-order chi connectivity index (χ1) is 14.5. The predicted molar refractivity (Wildman–Crippen MR) is 118 cm³/mol. The van der Waals surface area contributed by atoms with Gasteiger partial charge in [-0.05, 0) is 43.9 Å². The zero-order valence-corrected chi connectivity index (χ0v) is 18.2. The summed E-state index contributed by atoms with van der Waals surface area (Å²) in [6.45, 7) is 4.01. The molecule has 1 aliphatic carbocycles. The second-order valence-electron chi connectivity index (χ2n) is 7.53. The van der Waals surface area contributed by atoms with Crippen LogP contribution in [-0.4, -0.2) is 29.4 Å². The highest BCUT2D eigenvalue weighted by Crippen LogP contribution is 2.27. The predicted octanol–water partition coefficient (Wildman–Crippen LogP) is 4.12. The lowest BCUT2D eigenvalue weighted by molar-refractivity contribution is -0.119. The molecule has 1 unspecified atom stereocenters. The second kappa shape index (κ2) is 10.8. The summed E-state index contributed by atoms with van der Waals surface area (Å²) in [5.74, 6) is 6.88. The molecule has 1 saturated carbocycles. The molecule has 30 heavy (non-hydrogen) atoms. The summed E-state index contributed by atoms with van der Waals surface area (Å²) in [6, 6.07) is 6.86. The number of thiazole rings is 1. The Kier molecular flexibility index (Phi) is 7.86. The Bertz CT molecular complexity index is 938. The first-order valence-corrected chi connectivity index (χ1v) is 11.1. The van der Waals surface area contributed by atoms with Gasteiger partial charge in [-0.2, -0.15) is 0 Å². The minimum Gasteiger partial charge on any atom is -0.431 e. The molecule has 7 heteroatoms. The van der Waals surface area contributed by atoms with E-state index in [0.29, 0.717) is 22.4 Å². The second-order valence-corrected chi connectivity index (χ2v) is 8.52. The highest BCUT2D eigenvalue weighted by molar-refractivity contribution is 7.13. The Labute approximate surface area is 181 Å². The maximum Gasteiger partial charge on any atom is 0.279 e. The third kappa shape index (κ3) is 6.89. The van der Waals surface area contributed by atoms with Crippen molar-refractivity contribution in [3.05, 3.63) is 40.9 Å². The van der Waals surface area contributed by atoms with Crippen molar-refractivity contribution in [3.8, 4) is 22.8 Å². The topological polar surface area (TPSA) is 80.3 Å². The summed E-state index contributed by atoms with van der Waals surface area (Å²) in [6.07, 6.45) is 7.85. The number of rotatable bonds is 6. The van der Waals surface area contributed by atoms with E-state index in [4.69, 9.17) is 4.74 Å². The number of nitrogens with one attached hydrogen (secondary N) is 2. The van der Waals surface area contributed by atoms with Crippen LogP contribution in [0.3, 0.4) is 0 Å². The molecule has 2 amide bonds. The number of amides is 2. The number of hydrogen-bond acceptors (Lipinski definition) is 5. The van der Waals surface area contributed by atoms with Gasteiger partial charge in [-0.25, -0.2) is 4.98 Å². The normalized spacial score (nSPS) is 14.9. The third-order valence-electron chi connectivity index (χ3n) is 4.89. The highest BCUT2D eigenvalue weighted by atomic mass is 32.1. The molecule has 3 rings (SSSR count). The van der Waals surface area contributed by atoms with E-state index in [1.165, 1.54) is 50.4 Å². The fourth-order valence-corrected chi connectivity index (χ4v) is 4.06. The van der Waals surface area contributed by atoms with Gasteiger partial charge in [0.05, 0.1) is 12.2 Å². The van der Waals surface area contributed by atoms with Gasteiger partial charge in [-0.3, -0.25) is 9.59 Å². The fraction of sp³-hybridized carbons (Fsp3) is 0.435. The molecule has 0 radical (unpaired) electrons. The molecule has 1 atom stereocenters. The van der Waals surface area contributed by atoms with Crippen LogP contribution in [0.25, 0.3) is 0 Å². The molecule has 1 aromatic heterocycles. The SMILES string of the molecule is CC(=O)NC(C)C#Cc1cnc(Oc2cccc(C(=O)NCC3CCCCC3)c2)s1. The van der Waals surface area contributed by atoms with Gasteiger partial charge in [0, 0.05) is 19.0 Å². The number of benzene rings is 1. The van der Waals surface area contributed by atoms with E-state index >= 15 is 0 Å². The monoisotopic (exact) mass is 425 g/mol. The van der Waals surface area contributed by atoms with Crippen molar-refractivity contribution in [2.24, 2.45) is 5.92 Å². The number of carbonyl (C=O) groups is 2. The largest absolute Gasteiger partial charge is 0.431 e. The van der Waals surface area contributed by atoms with Crippen molar-refractivity contribution in [2.45, 2.75) is 52.0 Å². The first kappa shape index (κ1) is 21.8. The summed E-state index contributed by atoms with van der Waals surface area (Å²) < 4.78 is 5.81. The molecule has 0 bridgehead atoms. The van der Waals surface area contributed by atoms with Crippen molar-refractivity contribution < 1.29 is 14.3 Å². The number of ether oxygens (including phenoxy) is 1. The number of nitrogens with zero attached hydrogens (tertiary/aromatic N) is 1. The fourth-order valence-electron chi connectivity index (χ4n) is 3.42. The van der Waals surface area contributed by atoms with Gasteiger partial charge in [0.25, 0.3) is 11.1 Å². The van der Waals surface area contributed by atoms with Crippen molar-refractivity contribution in [1.82, 2.24) is 15.6 Å². The number of aromatic nitrogens is 1. The lowest BCUT2D eigenvalue weighted by Crippen LogP contribution is -2.30. The van der Waals surface area contributed by atoms with Crippen molar-refractivity contribution in [3.63, 3.8) is 0 Å². The van der Waals surface area contributed by atoms with Gasteiger partial charge >= 0.3 is 0 Å². The zero-order valence-electron chi connectivity index (χ0n) is 17.4. The van der Waals surface area contributed by atoms with Gasteiger partial charge in [0.1, 0.15) is 10.6 Å². The van der Waals surface area contributed by atoms with E-state index in [0.717, 1.165) is 11.4 Å². The molecule has 0 spiro atoms. The van der Waals surface area contributed by atoms with Crippen molar-refractivity contribution in [1.29, 1.82) is 0 Å². The quantitative estimate of drug-likeness (QED) is 0.682. The third-order valence-corrected chi connectivity index (χ3v) is 5.68. The molecule has 0 saturated heterocycles. The van der Waals surface area contributed by atoms with Crippen LogP contribution in [-0.2, 0) is 4.79 Å². The molecular formula is C23H27N3O3S. The highest BCUT2D eigenvalue weighted by Gasteiger charge is 2.15. The van der Waals surface area contributed by atoms with E-state index in [9.17, 15) is 9.59 Å². The van der Waals surface area contributed by atoms with Crippen LogP contribution in [0.1, 0.15) is 61.2 Å². The Morgan fingerprint density at radius 3 is 2.87 bits per heavy atom. The molecular weight excluding hydrogens is 398 g/mol. The first-order valence-electron chi connectivity index (χ1n) is 10.3. The minimum absolute atomic E-state index is 0.0799. The van der Waals surface area contributed by atoms with E-state index in [2.05, 4.69) is 27.5 Å². The van der Waals surface area contributed by atoms with Gasteiger partial charge in [0.15, 0.2) is 0 Å². The maximum absolute atomic E-state index is 12.5. The van der Waals surface area contributed by atoms with Gasteiger partial charge in [-0.1, -0.05) is 48.5 Å². The maximum atomic E-state index is 12.5. The van der Waals surface area contributed by atoms with Gasteiger partial charge < -0.3 is 15.4 Å². The standard InChI is InChI=1S/C23H27N3O3S/c1-16(26-17(2)27)11-12-21-15-25-23(30-21)29-20-10-6-9-19(13-20)22(28)24-14-18-7-4-3-5-8-18/h6,9-10,13,15-16,18H,3-5,7-8,14H2,1-2H3,(H,24,28)(H,26,27). The minimum atomic E-state index is -0.238. The smallest absolute Gasteiger partial charge is 0.279 e. The summed E-state index contributed by atoms with van der Waals surface area (Å²) in [4.78, 5) is 28.5. The molecule has 0 aliphatic heterocycles. The molecule has 158 valence electrons. The van der Waals surface area contributed by atoms with Crippen molar-refractivity contribution >= 4 is 23.2 Å². The van der Waals surface area contributed by atoms with Crippen LogP contribution < -0.4 is 15.4 Å². The van der Waals surface area contributed by atoms with Crippen LogP contribution in [0.2, 0.25) is 0 Å². The van der Waals surface area contributed by atoms with Crippen LogP contribution in [0.15, 0.2) is 30.5 Å². The van der Waals surface area contributed by atoms with Gasteiger partial charge in [-0.15, -0.1) is 0 Å². The van der Waals surface area contributed by atoms with Crippen LogP contribution in [0.4, 0.5) is 0 Å². The summed E-state index contributed by atoms with van der Waals surface area (Å²) >= 11 is 1.31. The Balaban J connectivity index is 1.56. The van der Waals surface area contributed by atoms with Crippen LogP contribution in [0, 0.1) is 17.8 Å². The Morgan fingerprint density at radius 2 is 2.10 bits per heavy atom. The molecule has 6 nitrogen and oxygen atoms in total. The summed E-state index contributed by atoms with van der Waals surface area (Å²) in [7, 11) is 0. The van der Waals surface area contributed by atoms with E-state index in [1.54, 1.807) is 30.5 Å². The molecule has 2 aromatic rings. The molecule has 1 aromatic carbocycles. The van der Waals surface area contributed by atoms with E-state index in [1.807, 2.05) is 6.92 Å². The molecule has 1 heterocycles. The Hall–Kier alpha value is -2.85. The number of hydrogen-bond donors (Lipinski definition) is 2. The molecule has 1 fully saturated rings. The Morgan fingerprint density at radius 1 is 1.30 bits per heavy atom. The molecule has 2 N–H and O–H groups in total. The van der Waals surface area contributed by atoms with E-state index < -0.39 is 0 Å². The van der Waals surface area contributed by atoms with Crippen LogP contribution >= 0.6 is 11.3 Å². The lowest BCUT2D eigenvalue weighted by atomic mass is 9.89. The lowest BCUT2D eigenvalue weighted by Gasteiger charge is -2.21.